The molecular formula is C13H16N2O3. The highest BCUT2D eigenvalue weighted by molar-refractivity contribution is 5.77. The molecule has 0 spiro atoms. The number of nitrogens with zero attached hydrogens (tertiary/aromatic N) is 1. The molecule has 0 radical (unpaired) electrons. The summed E-state index contributed by atoms with van der Waals surface area (Å²) in [6.07, 6.45) is 0.576. The average Bonchev–Trinajstić information content (AvgIpc) is 2.79. The predicted octanol–water partition coefficient (Wildman–Crippen LogP) is 1.52. The quantitative estimate of drug-likeness (QED) is 0.841. The Morgan fingerprint density at radius 2 is 2.28 bits per heavy atom. The Labute approximate surface area is 105 Å². The number of nitrogens with one attached hydrogen (secondary N) is 1. The van der Waals surface area contributed by atoms with Gasteiger partial charge in [-0.25, -0.2) is 4.98 Å². The van der Waals surface area contributed by atoms with Crippen molar-refractivity contribution in [3.63, 3.8) is 0 Å². The first-order chi connectivity index (χ1) is 8.79. The van der Waals surface area contributed by atoms with Crippen LogP contribution in [0.1, 0.15) is 12.8 Å². The van der Waals surface area contributed by atoms with Gasteiger partial charge in [0, 0.05) is 19.6 Å². The molecule has 0 atom stereocenters. The summed E-state index contributed by atoms with van der Waals surface area (Å²) in [5.41, 5.74) is 1.61. The van der Waals surface area contributed by atoms with E-state index in [2.05, 4.69) is 10.3 Å². The maximum absolute atomic E-state index is 11.3. The van der Waals surface area contributed by atoms with E-state index in [1.165, 1.54) is 0 Å². The van der Waals surface area contributed by atoms with Crippen molar-refractivity contribution in [2.24, 2.45) is 0 Å². The highest BCUT2D eigenvalue weighted by Gasteiger charge is 2.05. The van der Waals surface area contributed by atoms with Crippen molar-refractivity contribution in [1.29, 1.82) is 0 Å². The molecular weight excluding hydrogens is 232 g/mol. The zero-order valence-electron chi connectivity index (χ0n) is 10.3. The second-order valence-corrected chi connectivity index (χ2v) is 3.81. The van der Waals surface area contributed by atoms with E-state index in [0.717, 1.165) is 11.1 Å². The smallest absolute Gasteiger partial charge is 0.246 e. The molecule has 1 N–H and O–H groups in total. The van der Waals surface area contributed by atoms with Gasteiger partial charge in [0.1, 0.15) is 12.1 Å². The molecule has 0 saturated carbocycles. The third-order valence-corrected chi connectivity index (χ3v) is 2.44. The van der Waals surface area contributed by atoms with Crippen LogP contribution in [0, 0.1) is 0 Å². The number of rotatable bonds is 6. The zero-order chi connectivity index (χ0) is 12.8. The van der Waals surface area contributed by atoms with E-state index in [4.69, 9.17) is 9.15 Å². The molecule has 1 heterocycles. The van der Waals surface area contributed by atoms with Crippen LogP contribution in [0.2, 0.25) is 0 Å². The largest absolute Gasteiger partial charge is 0.441 e. The van der Waals surface area contributed by atoms with E-state index < -0.39 is 0 Å². The number of hydrogen-bond acceptors (Lipinski definition) is 4. The number of oxazole rings is 1. The number of carbonyl (C=O) groups is 1. The number of benzene rings is 1. The molecule has 1 amide bonds. The Balaban J connectivity index is 1.81. The van der Waals surface area contributed by atoms with Crippen LogP contribution in [-0.2, 0) is 16.0 Å². The molecule has 1 aromatic heterocycles. The van der Waals surface area contributed by atoms with Crippen LogP contribution in [0.25, 0.3) is 11.1 Å². The van der Waals surface area contributed by atoms with Gasteiger partial charge < -0.3 is 14.5 Å². The molecule has 0 saturated heterocycles. The van der Waals surface area contributed by atoms with Crippen LogP contribution in [0.3, 0.4) is 0 Å². The van der Waals surface area contributed by atoms with Crippen molar-refractivity contribution in [1.82, 2.24) is 10.3 Å². The number of ether oxygens (including phenoxy) is 1. The molecule has 0 aliphatic rings. The average molecular weight is 248 g/mol. The monoisotopic (exact) mass is 248 g/mol. The Morgan fingerprint density at radius 1 is 1.44 bits per heavy atom. The number of aromatic nitrogens is 1. The van der Waals surface area contributed by atoms with Crippen molar-refractivity contribution in [2.75, 3.05) is 19.8 Å². The van der Waals surface area contributed by atoms with Crippen LogP contribution >= 0.6 is 0 Å². The van der Waals surface area contributed by atoms with E-state index in [1.807, 2.05) is 31.2 Å². The summed E-state index contributed by atoms with van der Waals surface area (Å²) in [6, 6.07) is 7.59. The number of hydrogen-bond donors (Lipinski definition) is 1. The minimum Gasteiger partial charge on any atom is -0.441 e. The molecule has 0 aliphatic heterocycles. The molecule has 5 nitrogen and oxygen atoms in total. The van der Waals surface area contributed by atoms with Crippen molar-refractivity contribution in [3.05, 3.63) is 30.2 Å². The molecule has 96 valence electrons. The summed E-state index contributed by atoms with van der Waals surface area (Å²) < 4.78 is 10.5. The van der Waals surface area contributed by atoms with Crippen LogP contribution < -0.4 is 5.32 Å². The van der Waals surface area contributed by atoms with E-state index in [9.17, 15) is 4.79 Å². The lowest BCUT2D eigenvalue weighted by Crippen LogP contribution is -2.29. The standard InChI is InChI=1S/C13H16N2O3/c1-2-17-9-12(16)14-8-7-13-15-10-5-3-4-6-11(10)18-13/h3-6H,2,7-9H2,1H3,(H,14,16). The third kappa shape index (κ3) is 3.30. The topological polar surface area (TPSA) is 64.4 Å². The Hall–Kier alpha value is -1.88. The molecule has 0 bridgehead atoms. The predicted molar refractivity (Wildman–Crippen MR) is 67.2 cm³/mol. The number of fused-ring (bicyclic) bond motifs is 1. The van der Waals surface area contributed by atoms with Gasteiger partial charge in [0.15, 0.2) is 11.5 Å². The van der Waals surface area contributed by atoms with Crippen molar-refractivity contribution >= 4 is 17.0 Å². The van der Waals surface area contributed by atoms with Crippen LogP contribution in [-0.4, -0.2) is 30.6 Å². The second-order valence-electron chi connectivity index (χ2n) is 3.81. The van der Waals surface area contributed by atoms with E-state index in [1.54, 1.807) is 0 Å². The normalized spacial score (nSPS) is 10.7. The summed E-state index contributed by atoms with van der Waals surface area (Å²) >= 11 is 0. The minimum atomic E-state index is -0.118. The van der Waals surface area contributed by atoms with Gasteiger partial charge in [0.05, 0.1) is 0 Å². The molecule has 2 rings (SSSR count). The lowest BCUT2D eigenvalue weighted by atomic mass is 10.3. The van der Waals surface area contributed by atoms with Gasteiger partial charge in [-0.15, -0.1) is 0 Å². The minimum absolute atomic E-state index is 0.101. The number of carbonyl (C=O) groups excluding carboxylic acids is 1. The van der Waals surface area contributed by atoms with Crippen molar-refractivity contribution in [2.45, 2.75) is 13.3 Å². The molecule has 0 fully saturated rings. The van der Waals surface area contributed by atoms with E-state index in [-0.39, 0.29) is 12.5 Å². The molecule has 0 aliphatic carbocycles. The summed E-state index contributed by atoms with van der Waals surface area (Å²) in [5.74, 6) is 0.515. The summed E-state index contributed by atoms with van der Waals surface area (Å²) in [6.45, 7) is 2.99. The van der Waals surface area contributed by atoms with Gasteiger partial charge in [0.25, 0.3) is 0 Å². The molecule has 18 heavy (non-hydrogen) atoms. The molecule has 2 aromatic rings. The van der Waals surface area contributed by atoms with Crippen molar-refractivity contribution in [3.8, 4) is 0 Å². The van der Waals surface area contributed by atoms with Gasteiger partial charge in [-0.05, 0) is 19.1 Å². The number of para-hydroxylation sites is 2. The lowest BCUT2D eigenvalue weighted by Gasteiger charge is -2.02. The van der Waals surface area contributed by atoms with Crippen LogP contribution in [0.5, 0.6) is 0 Å². The highest BCUT2D eigenvalue weighted by Crippen LogP contribution is 2.14. The first kappa shape index (κ1) is 12.6. The maximum atomic E-state index is 11.3. The van der Waals surface area contributed by atoms with Gasteiger partial charge in [-0.1, -0.05) is 12.1 Å². The lowest BCUT2D eigenvalue weighted by molar-refractivity contribution is -0.125. The number of amides is 1. The van der Waals surface area contributed by atoms with Gasteiger partial charge >= 0.3 is 0 Å². The first-order valence-electron chi connectivity index (χ1n) is 5.98. The summed E-state index contributed by atoms with van der Waals surface area (Å²) in [5, 5.41) is 2.75. The van der Waals surface area contributed by atoms with Crippen molar-refractivity contribution < 1.29 is 13.9 Å². The zero-order valence-corrected chi connectivity index (χ0v) is 10.3. The SMILES string of the molecule is CCOCC(=O)NCCc1nc2ccccc2o1. The Morgan fingerprint density at radius 3 is 3.06 bits per heavy atom. The van der Waals surface area contributed by atoms with Gasteiger partial charge in [-0.2, -0.15) is 0 Å². The molecule has 0 unspecified atom stereocenters. The summed E-state index contributed by atoms with van der Waals surface area (Å²) in [4.78, 5) is 15.6. The molecule has 1 aromatic carbocycles. The van der Waals surface area contributed by atoms with Gasteiger partial charge in [0.2, 0.25) is 5.91 Å². The summed E-state index contributed by atoms with van der Waals surface area (Å²) in [7, 11) is 0. The van der Waals surface area contributed by atoms with E-state index in [0.29, 0.717) is 25.5 Å². The van der Waals surface area contributed by atoms with Crippen LogP contribution in [0.4, 0.5) is 0 Å². The fourth-order valence-corrected chi connectivity index (χ4v) is 1.58. The third-order valence-electron chi connectivity index (χ3n) is 2.44. The fourth-order valence-electron chi connectivity index (χ4n) is 1.58. The first-order valence-corrected chi connectivity index (χ1v) is 5.98. The molecule has 5 heteroatoms. The van der Waals surface area contributed by atoms with Gasteiger partial charge in [-0.3, -0.25) is 4.79 Å². The Kier molecular flexibility index (Phi) is 4.30. The fraction of sp³-hybridized carbons (Fsp3) is 0.385. The maximum Gasteiger partial charge on any atom is 0.246 e. The highest BCUT2D eigenvalue weighted by atomic mass is 16.5. The Bertz CT molecular complexity index is 489. The second kappa shape index (κ2) is 6.16. The van der Waals surface area contributed by atoms with Crippen LogP contribution in [0.15, 0.2) is 28.7 Å². The van der Waals surface area contributed by atoms with E-state index >= 15 is 0 Å².